The maximum absolute atomic E-state index is 11.9. The Hall–Kier alpha value is -1.85. The highest BCUT2D eigenvalue weighted by Gasteiger charge is 2.29. The highest BCUT2D eigenvalue weighted by molar-refractivity contribution is 5.83. The van der Waals surface area contributed by atoms with E-state index in [1.807, 2.05) is 0 Å². The number of carbonyl (C=O) groups is 2. The van der Waals surface area contributed by atoms with Gasteiger partial charge in [0, 0.05) is 20.0 Å². The van der Waals surface area contributed by atoms with Gasteiger partial charge >= 0.3 is 5.97 Å². The highest BCUT2D eigenvalue weighted by atomic mass is 16.4. The standard InChI is InChI=1S/C13H19N3O3/c1-3-4-9-5-11(17)16(7-9)8-10-6-14-12(13(18)19)15(10)2/h6,9H,3-5,7-8H2,1-2H3,(H,18,19). The molecular weight excluding hydrogens is 246 g/mol. The topological polar surface area (TPSA) is 75.4 Å². The van der Waals surface area contributed by atoms with Gasteiger partial charge in [-0.25, -0.2) is 9.78 Å². The molecule has 1 fully saturated rings. The third-order valence-corrected chi connectivity index (χ3v) is 3.62. The summed E-state index contributed by atoms with van der Waals surface area (Å²) in [6.45, 7) is 3.32. The van der Waals surface area contributed by atoms with E-state index in [0.717, 1.165) is 25.1 Å². The fraction of sp³-hybridized carbons (Fsp3) is 0.615. The number of imidazole rings is 1. The van der Waals surface area contributed by atoms with Crippen molar-refractivity contribution in [2.24, 2.45) is 13.0 Å². The molecule has 2 rings (SSSR count). The van der Waals surface area contributed by atoms with Crippen LogP contribution in [-0.4, -0.2) is 38.0 Å². The number of nitrogens with zero attached hydrogens (tertiary/aromatic N) is 3. The van der Waals surface area contributed by atoms with E-state index in [1.165, 1.54) is 10.8 Å². The molecule has 1 aromatic heterocycles. The van der Waals surface area contributed by atoms with E-state index in [2.05, 4.69) is 11.9 Å². The molecule has 1 aromatic rings. The van der Waals surface area contributed by atoms with Crippen LogP contribution in [0.25, 0.3) is 0 Å². The van der Waals surface area contributed by atoms with E-state index < -0.39 is 5.97 Å². The minimum absolute atomic E-state index is 0.00625. The van der Waals surface area contributed by atoms with Crippen LogP contribution in [0, 0.1) is 5.92 Å². The van der Waals surface area contributed by atoms with Gasteiger partial charge in [-0.3, -0.25) is 4.79 Å². The average Bonchev–Trinajstić information content (AvgIpc) is 2.86. The zero-order chi connectivity index (χ0) is 14.0. The molecular formula is C13H19N3O3. The Bertz CT molecular complexity index is 495. The molecule has 6 nitrogen and oxygen atoms in total. The Morgan fingerprint density at radius 1 is 1.58 bits per heavy atom. The predicted octanol–water partition coefficient (Wildman–Crippen LogP) is 1.27. The van der Waals surface area contributed by atoms with Gasteiger partial charge in [-0.2, -0.15) is 0 Å². The summed E-state index contributed by atoms with van der Waals surface area (Å²) in [6.07, 6.45) is 4.29. The van der Waals surface area contributed by atoms with Crippen LogP contribution in [0.15, 0.2) is 6.20 Å². The van der Waals surface area contributed by atoms with Crippen molar-refractivity contribution in [1.82, 2.24) is 14.5 Å². The molecule has 1 aliphatic rings. The van der Waals surface area contributed by atoms with E-state index >= 15 is 0 Å². The molecule has 0 aliphatic carbocycles. The molecule has 1 aliphatic heterocycles. The first-order valence-corrected chi connectivity index (χ1v) is 6.54. The van der Waals surface area contributed by atoms with Crippen molar-refractivity contribution in [1.29, 1.82) is 0 Å². The van der Waals surface area contributed by atoms with E-state index in [4.69, 9.17) is 5.11 Å². The van der Waals surface area contributed by atoms with Crippen LogP contribution in [0.4, 0.5) is 0 Å². The number of hydrogen-bond donors (Lipinski definition) is 1. The third kappa shape index (κ3) is 2.77. The van der Waals surface area contributed by atoms with Gasteiger partial charge in [0.05, 0.1) is 18.4 Å². The van der Waals surface area contributed by atoms with Gasteiger partial charge in [-0.15, -0.1) is 0 Å². The van der Waals surface area contributed by atoms with E-state index in [9.17, 15) is 9.59 Å². The molecule has 0 bridgehead atoms. The Morgan fingerprint density at radius 3 is 2.89 bits per heavy atom. The number of hydrogen-bond acceptors (Lipinski definition) is 3. The number of carboxylic acid groups (broad SMARTS) is 1. The first-order chi connectivity index (χ1) is 9.02. The number of rotatable bonds is 5. The minimum atomic E-state index is -1.05. The maximum atomic E-state index is 11.9. The molecule has 19 heavy (non-hydrogen) atoms. The van der Waals surface area contributed by atoms with Crippen LogP contribution < -0.4 is 0 Å². The Labute approximate surface area is 112 Å². The van der Waals surface area contributed by atoms with E-state index in [1.54, 1.807) is 11.9 Å². The summed E-state index contributed by atoms with van der Waals surface area (Å²) in [5.41, 5.74) is 0.753. The summed E-state index contributed by atoms with van der Waals surface area (Å²) in [6, 6.07) is 0. The lowest BCUT2D eigenvalue weighted by atomic mass is 10.0. The number of carboxylic acids is 1. The molecule has 1 saturated heterocycles. The lowest BCUT2D eigenvalue weighted by Crippen LogP contribution is -2.26. The van der Waals surface area contributed by atoms with Gasteiger partial charge in [-0.1, -0.05) is 13.3 Å². The van der Waals surface area contributed by atoms with Crippen molar-refractivity contribution in [3.63, 3.8) is 0 Å². The van der Waals surface area contributed by atoms with Crippen LogP contribution in [0.5, 0.6) is 0 Å². The molecule has 104 valence electrons. The molecule has 0 aromatic carbocycles. The summed E-state index contributed by atoms with van der Waals surface area (Å²) in [4.78, 5) is 28.5. The molecule has 0 saturated carbocycles. The molecule has 1 atom stereocenters. The van der Waals surface area contributed by atoms with Crippen molar-refractivity contribution in [3.8, 4) is 0 Å². The SMILES string of the molecule is CCCC1CC(=O)N(Cc2cnc(C(=O)O)n2C)C1. The average molecular weight is 265 g/mol. The van der Waals surface area contributed by atoms with Crippen molar-refractivity contribution in [2.45, 2.75) is 32.7 Å². The molecule has 0 spiro atoms. The third-order valence-electron chi connectivity index (χ3n) is 3.62. The molecule has 1 N–H and O–H groups in total. The van der Waals surface area contributed by atoms with Gasteiger partial charge in [0.25, 0.3) is 0 Å². The quantitative estimate of drug-likeness (QED) is 0.869. The van der Waals surface area contributed by atoms with E-state index in [-0.39, 0.29) is 11.7 Å². The van der Waals surface area contributed by atoms with Crippen LogP contribution >= 0.6 is 0 Å². The first kappa shape index (κ1) is 13.6. The second kappa shape index (κ2) is 5.42. The Morgan fingerprint density at radius 2 is 2.32 bits per heavy atom. The first-order valence-electron chi connectivity index (χ1n) is 6.54. The lowest BCUT2D eigenvalue weighted by molar-refractivity contribution is -0.128. The largest absolute Gasteiger partial charge is 0.475 e. The second-order valence-electron chi connectivity index (χ2n) is 5.07. The second-order valence-corrected chi connectivity index (χ2v) is 5.07. The number of amides is 1. The fourth-order valence-electron chi connectivity index (χ4n) is 2.59. The smallest absolute Gasteiger partial charge is 0.372 e. The molecule has 1 unspecified atom stereocenters. The van der Waals surface area contributed by atoms with Gasteiger partial charge in [0.2, 0.25) is 11.7 Å². The zero-order valence-corrected chi connectivity index (χ0v) is 11.3. The van der Waals surface area contributed by atoms with Crippen LogP contribution in [0.2, 0.25) is 0 Å². The molecule has 0 radical (unpaired) electrons. The van der Waals surface area contributed by atoms with Crippen molar-refractivity contribution >= 4 is 11.9 Å². The number of carbonyl (C=O) groups excluding carboxylic acids is 1. The predicted molar refractivity (Wildman–Crippen MR) is 68.6 cm³/mol. The van der Waals surface area contributed by atoms with Crippen molar-refractivity contribution in [3.05, 3.63) is 17.7 Å². The Balaban J connectivity index is 2.06. The fourth-order valence-corrected chi connectivity index (χ4v) is 2.59. The monoisotopic (exact) mass is 265 g/mol. The van der Waals surface area contributed by atoms with Gasteiger partial charge in [-0.05, 0) is 12.3 Å². The van der Waals surface area contributed by atoms with Crippen LogP contribution in [0.1, 0.15) is 42.5 Å². The molecule has 2 heterocycles. The molecule has 1 amide bonds. The lowest BCUT2D eigenvalue weighted by Gasteiger charge is -2.16. The van der Waals surface area contributed by atoms with E-state index in [0.29, 0.717) is 18.9 Å². The molecule has 6 heteroatoms. The van der Waals surface area contributed by atoms with Gasteiger partial charge < -0.3 is 14.6 Å². The summed E-state index contributed by atoms with van der Waals surface area (Å²) in [7, 11) is 1.66. The summed E-state index contributed by atoms with van der Waals surface area (Å²) in [5, 5.41) is 8.94. The highest BCUT2D eigenvalue weighted by Crippen LogP contribution is 2.23. The van der Waals surface area contributed by atoms with Crippen LogP contribution in [0.3, 0.4) is 0 Å². The summed E-state index contributed by atoms with van der Waals surface area (Å²) in [5.74, 6) is -0.460. The normalized spacial score (nSPS) is 19.2. The zero-order valence-electron chi connectivity index (χ0n) is 11.3. The van der Waals surface area contributed by atoms with Crippen molar-refractivity contribution < 1.29 is 14.7 Å². The summed E-state index contributed by atoms with van der Waals surface area (Å²) >= 11 is 0. The maximum Gasteiger partial charge on any atom is 0.372 e. The van der Waals surface area contributed by atoms with Crippen LogP contribution in [-0.2, 0) is 18.4 Å². The summed E-state index contributed by atoms with van der Waals surface area (Å²) < 4.78 is 1.53. The minimum Gasteiger partial charge on any atom is -0.475 e. The number of aromatic carboxylic acids is 1. The van der Waals surface area contributed by atoms with Gasteiger partial charge in [0.1, 0.15) is 0 Å². The number of aromatic nitrogens is 2. The van der Waals surface area contributed by atoms with Crippen molar-refractivity contribution in [2.75, 3.05) is 6.54 Å². The Kier molecular flexibility index (Phi) is 3.87. The number of likely N-dealkylation sites (tertiary alicyclic amines) is 1. The van der Waals surface area contributed by atoms with Gasteiger partial charge in [0.15, 0.2) is 0 Å².